The Labute approximate surface area is 117 Å². The molecule has 1 aliphatic carbocycles. The summed E-state index contributed by atoms with van der Waals surface area (Å²) in [4.78, 5) is 13.9. The molecule has 1 aromatic heterocycles. The van der Waals surface area contributed by atoms with Gasteiger partial charge in [-0.2, -0.15) is 0 Å². The number of rotatable bonds is 4. The van der Waals surface area contributed by atoms with Crippen molar-refractivity contribution in [1.29, 1.82) is 0 Å². The number of hydrogen-bond acceptors (Lipinski definition) is 4. The summed E-state index contributed by atoms with van der Waals surface area (Å²) < 4.78 is 5.20. The van der Waals surface area contributed by atoms with E-state index in [-0.39, 0.29) is 18.4 Å². The van der Waals surface area contributed by atoms with Gasteiger partial charge in [0.15, 0.2) is 5.58 Å². The number of aliphatic hydroxyl groups excluding tert-OH is 1. The van der Waals surface area contributed by atoms with Crippen molar-refractivity contribution in [2.45, 2.75) is 25.4 Å². The minimum atomic E-state index is -0.178. The Kier molecular flexibility index (Phi) is 3.44. The molecule has 0 unspecified atom stereocenters. The molecular formula is C15H18N2O3. The Bertz CT molecular complexity index is 616. The van der Waals surface area contributed by atoms with Gasteiger partial charge in [0.25, 0.3) is 0 Å². The number of carbonyl (C=O) groups is 1. The van der Waals surface area contributed by atoms with Crippen molar-refractivity contribution in [3.8, 4) is 0 Å². The molecule has 20 heavy (non-hydrogen) atoms. The van der Waals surface area contributed by atoms with Crippen LogP contribution in [0.15, 0.2) is 28.8 Å². The number of para-hydroxylation sites is 1. The highest BCUT2D eigenvalue weighted by atomic mass is 16.5. The van der Waals surface area contributed by atoms with E-state index in [4.69, 9.17) is 4.52 Å². The molecule has 106 valence electrons. The molecule has 0 spiro atoms. The molecule has 5 nitrogen and oxygen atoms in total. The molecule has 3 rings (SSSR count). The van der Waals surface area contributed by atoms with Gasteiger partial charge in [0.1, 0.15) is 5.69 Å². The Morgan fingerprint density at radius 2 is 2.20 bits per heavy atom. The number of hydrogen-bond donors (Lipinski definition) is 1. The third kappa shape index (κ3) is 2.54. The minimum absolute atomic E-state index is 0.0328. The van der Waals surface area contributed by atoms with Crippen LogP contribution in [0, 0.1) is 5.92 Å². The highest BCUT2D eigenvalue weighted by Crippen LogP contribution is 2.27. The third-order valence-electron chi connectivity index (χ3n) is 3.94. The van der Waals surface area contributed by atoms with Gasteiger partial charge in [-0.25, -0.2) is 0 Å². The fourth-order valence-corrected chi connectivity index (χ4v) is 2.68. The molecule has 1 heterocycles. The monoisotopic (exact) mass is 274 g/mol. The topological polar surface area (TPSA) is 66.6 Å². The second-order valence-electron chi connectivity index (χ2n) is 5.57. The van der Waals surface area contributed by atoms with Crippen LogP contribution in [0.3, 0.4) is 0 Å². The van der Waals surface area contributed by atoms with Crippen molar-refractivity contribution in [1.82, 2.24) is 10.1 Å². The fraction of sp³-hybridized carbons (Fsp3) is 0.467. The molecule has 1 saturated carbocycles. The van der Waals surface area contributed by atoms with E-state index in [1.807, 2.05) is 24.3 Å². The summed E-state index contributed by atoms with van der Waals surface area (Å²) in [5.74, 6) is 0.457. The number of nitrogens with zero attached hydrogens (tertiary/aromatic N) is 2. The van der Waals surface area contributed by atoms with E-state index < -0.39 is 0 Å². The van der Waals surface area contributed by atoms with Crippen LogP contribution in [0.2, 0.25) is 0 Å². The van der Waals surface area contributed by atoms with Crippen molar-refractivity contribution in [2.24, 2.45) is 5.92 Å². The molecule has 0 radical (unpaired) electrons. The van der Waals surface area contributed by atoms with Crippen LogP contribution in [-0.2, 0) is 11.2 Å². The molecule has 1 fully saturated rings. The zero-order valence-corrected chi connectivity index (χ0v) is 11.5. The fourth-order valence-electron chi connectivity index (χ4n) is 2.68. The van der Waals surface area contributed by atoms with Gasteiger partial charge < -0.3 is 14.5 Å². The molecule has 2 aromatic rings. The molecule has 0 saturated heterocycles. The first-order valence-electron chi connectivity index (χ1n) is 6.89. The second kappa shape index (κ2) is 5.25. The maximum Gasteiger partial charge on any atom is 0.228 e. The van der Waals surface area contributed by atoms with Crippen LogP contribution in [0.25, 0.3) is 11.0 Å². The van der Waals surface area contributed by atoms with Gasteiger partial charge in [-0.15, -0.1) is 0 Å². The summed E-state index contributed by atoms with van der Waals surface area (Å²) in [6, 6.07) is 7.55. The Hall–Kier alpha value is -1.88. The van der Waals surface area contributed by atoms with Crippen molar-refractivity contribution in [3.05, 3.63) is 30.0 Å². The number of fused-ring (bicyclic) bond motifs is 1. The Balaban J connectivity index is 1.63. The van der Waals surface area contributed by atoms with Crippen molar-refractivity contribution in [2.75, 3.05) is 13.6 Å². The van der Waals surface area contributed by atoms with E-state index in [1.165, 1.54) is 0 Å². The highest BCUT2D eigenvalue weighted by molar-refractivity contribution is 5.86. The number of carbonyl (C=O) groups excluding carboxylic acids is 1. The predicted octanol–water partition coefficient (Wildman–Crippen LogP) is 1.60. The second-order valence-corrected chi connectivity index (χ2v) is 5.57. The van der Waals surface area contributed by atoms with E-state index in [1.54, 1.807) is 11.9 Å². The Morgan fingerprint density at radius 3 is 2.95 bits per heavy atom. The first-order valence-corrected chi connectivity index (χ1v) is 6.89. The van der Waals surface area contributed by atoms with Crippen LogP contribution in [0.5, 0.6) is 0 Å². The van der Waals surface area contributed by atoms with Gasteiger partial charge in [0.05, 0.1) is 12.5 Å². The lowest BCUT2D eigenvalue weighted by Gasteiger charge is -2.34. The van der Waals surface area contributed by atoms with Crippen molar-refractivity contribution < 1.29 is 14.4 Å². The normalized spacial score (nSPS) is 21.7. The zero-order chi connectivity index (χ0) is 14.1. The lowest BCUT2D eigenvalue weighted by Crippen LogP contribution is -2.40. The lowest BCUT2D eigenvalue weighted by molar-refractivity contribution is -0.130. The SMILES string of the molecule is CN(CC1CC(O)C1)C(=O)Cc1noc2ccccc12. The molecule has 1 amide bonds. The predicted molar refractivity (Wildman–Crippen MR) is 74.1 cm³/mol. The van der Waals surface area contributed by atoms with Gasteiger partial charge in [-0.3, -0.25) is 4.79 Å². The molecule has 1 N–H and O–H groups in total. The zero-order valence-electron chi connectivity index (χ0n) is 11.5. The van der Waals surface area contributed by atoms with Crippen LogP contribution in [0.4, 0.5) is 0 Å². The number of aromatic nitrogens is 1. The molecule has 0 aliphatic heterocycles. The largest absolute Gasteiger partial charge is 0.393 e. The quantitative estimate of drug-likeness (QED) is 0.919. The highest BCUT2D eigenvalue weighted by Gasteiger charge is 2.29. The number of benzene rings is 1. The molecule has 1 aromatic carbocycles. The molecule has 0 bridgehead atoms. The van der Waals surface area contributed by atoms with Gasteiger partial charge in [-0.05, 0) is 30.9 Å². The minimum Gasteiger partial charge on any atom is -0.393 e. The van der Waals surface area contributed by atoms with Gasteiger partial charge in [-0.1, -0.05) is 17.3 Å². The van der Waals surface area contributed by atoms with E-state index in [0.717, 1.165) is 18.2 Å². The smallest absolute Gasteiger partial charge is 0.228 e. The first kappa shape index (κ1) is 13.1. The standard InChI is InChI=1S/C15H18N2O3/c1-17(9-10-6-11(18)7-10)15(19)8-13-12-4-2-3-5-14(12)20-16-13/h2-5,10-11,18H,6-9H2,1H3. The van der Waals surface area contributed by atoms with E-state index >= 15 is 0 Å². The number of amides is 1. The lowest BCUT2D eigenvalue weighted by atomic mass is 9.82. The summed E-state index contributed by atoms with van der Waals surface area (Å²) in [6.45, 7) is 0.700. The first-order chi connectivity index (χ1) is 9.63. The van der Waals surface area contributed by atoms with Gasteiger partial charge in [0, 0.05) is 19.0 Å². The summed E-state index contributed by atoms with van der Waals surface area (Å²) in [5, 5.41) is 14.1. The molecule has 5 heteroatoms. The van der Waals surface area contributed by atoms with Crippen LogP contribution >= 0.6 is 0 Å². The average Bonchev–Trinajstić information content (AvgIpc) is 2.80. The molecular weight excluding hydrogens is 256 g/mol. The summed E-state index contributed by atoms with van der Waals surface area (Å²) >= 11 is 0. The maximum atomic E-state index is 12.2. The average molecular weight is 274 g/mol. The summed E-state index contributed by atoms with van der Waals surface area (Å²) in [6.07, 6.45) is 1.67. The Morgan fingerprint density at radius 1 is 1.45 bits per heavy atom. The van der Waals surface area contributed by atoms with Crippen molar-refractivity contribution >= 4 is 16.9 Å². The molecule has 1 aliphatic rings. The number of likely N-dealkylation sites (N-methyl/N-ethyl adjacent to an activating group) is 1. The third-order valence-corrected chi connectivity index (χ3v) is 3.94. The van der Waals surface area contributed by atoms with Crippen LogP contribution in [0.1, 0.15) is 18.5 Å². The summed E-state index contributed by atoms with van der Waals surface area (Å²) in [7, 11) is 1.80. The summed E-state index contributed by atoms with van der Waals surface area (Å²) in [5.41, 5.74) is 1.39. The molecule has 0 atom stereocenters. The number of aliphatic hydroxyl groups is 1. The van der Waals surface area contributed by atoms with Crippen LogP contribution < -0.4 is 0 Å². The van der Waals surface area contributed by atoms with E-state index in [9.17, 15) is 9.90 Å². The van der Waals surface area contributed by atoms with Gasteiger partial charge in [0.2, 0.25) is 5.91 Å². The maximum absolute atomic E-state index is 12.2. The van der Waals surface area contributed by atoms with Gasteiger partial charge >= 0.3 is 0 Å². The van der Waals surface area contributed by atoms with Crippen molar-refractivity contribution in [3.63, 3.8) is 0 Å². The van der Waals surface area contributed by atoms with Crippen LogP contribution in [-0.4, -0.2) is 40.8 Å². The van der Waals surface area contributed by atoms with E-state index in [0.29, 0.717) is 23.7 Å². The van der Waals surface area contributed by atoms with E-state index in [2.05, 4.69) is 5.16 Å².